The first kappa shape index (κ1) is 13.8. The van der Waals surface area contributed by atoms with Crippen LogP contribution in [0.15, 0.2) is 41.6 Å². The number of nitrogens with zero attached hydrogens (tertiary/aromatic N) is 2. The summed E-state index contributed by atoms with van der Waals surface area (Å²) in [5, 5.41) is 9.10. The lowest BCUT2D eigenvalue weighted by atomic mass is 10.1. The van der Waals surface area contributed by atoms with E-state index in [1.165, 1.54) is 24.5 Å². The summed E-state index contributed by atoms with van der Waals surface area (Å²) >= 11 is 0. The highest BCUT2D eigenvalue weighted by molar-refractivity contribution is 7.92. The lowest BCUT2D eigenvalue weighted by molar-refractivity contribution is 0.601. The standard InChI is InChI=1S/C13H12N4O2S/c1-9-3-2-4-12(10(9)7-14)17-20(18,19)13-8-16-6-5-11(13)15/h2-6,8,17H,1H3,(H2,15,16). The highest BCUT2D eigenvalue weighted by Gasteiger charge is 2.19. The molecule has 1 aromatic heterocycles. The van der Waals surface area contributed by atoms with Crippen molar-refractivity contribution in [2.45, 2.75) is 11.8 Å². The van der Waals surface area contributed by atoms with Gasteiger partial charge >= 0.3 is 0 Å². The Morgan fingerprint density at radius 3 is 2.75 bits per heavy atom. The predicted molar refractivity (Wildman–Crippen MR) is 75.4 cm³/mol. The molecule has 1 aromatic carbocycles. The molecular weight excluding hydrogens is 276 g/mol. The minimum atomic E-state index is -3.88. The van der Waals surface area contributed by atoms with Crippen molar-refractivity contribution in [2.75, 3.05) is 10.5 Å². The molecule has 0 aliphatic heterocycles. The molecule has 0 bridgehead atoms. The van der Waals surface area contributed by atoms with Gasteiger partial charge in [-0.15, -0.1) is 0 Å². The van der Waals surface area contributed by atoms with E-state index in [9.17, 15) is 8.42 Å². The minimum Gasteiger partial charge on any atom is -0.398 e. The summed E-state index contributed by atoms with van der Waals surface area (Å²) in [5.74, 6) is 0. The fraction of sp³-hybridized carbons (Fsp3) is 0.0769. The van der Waals surface area contributed by atoms with Crippen LogP contribution in [0.1, 0.15) is 11.1 Å². The van der Waals surface area contributed by atoms with Crippen molar-refractivity contribution in [3.8, 4) is 6.07 Å². The molecule has 0 atom stereocenters. The highest BCUT2D eigenvalue weighted by atomic mass is 32.2. The largest absolute Gasteiger partial charge is 0.398 e. The van der Waals surface area contributed by atoms with Crippen LogP contribution in [0.4, 0.5) is 11.4 Å². The number of aromatic nitrogens is 1. The Hall–Kier alpha value is -2.59. The van der Waals surface area contributed by atoms with Gasteiger partial charge in [0.25, 0.3) is 10.0 Å². The van der Waals surface area contributed by atoms with E-state index in [2.05, 4.69) is 9.71 Å². The van der Waals surface area contributed by atoms with Crippen molar-refractivity contribution >= 4 is 21.4 Å². The molecule has 2 aromatic rings. The molecule has 0 radical (unpaired) electrons. The summed E-state index contributed by atoms with van der Waals surface area (Å²) in [4.78, 5) is 3.63. The Balaban J connectivity index is 2.48. The number of aryl methyl sites for hydroxylation is 1. The maximum Gasteiger partial charge on any atom is 0.265 e. The molecule has 2 rings (SSSR count). The number of sulfonamides is 1. The Kier molecular flexibility index (Phi) is 3.59. The lowest BCUT2D eigenvalue weighted by Gasteiger charge is -2.11. The van der Waals surface area contributed by atoms with E-state index in [-0.39, 0.29) is 21.8 Å². The molecule has 20 heavy (non-hydrogen) atoms. The number of benzene rings is 1. The number of nitrogens with two attached hydrogens (primary N) is 1. The van der Waals surface area contributed by atoms with Crippen molar-refractivity contribution in [1.29, 1.82) is 5.26 Å². The van der Waals surface area contributed by atoms with Crippen LogP contribution in [0.3, 0.4) is 0 Å². The summed E-state index contributed by atoms with van der Waals surface area (Å²) in [6.07, 6.45) is 2.57. The Morgan fingerprint density at radius 2 is 2.10 bits per heavy atom. The SMILES string of the molecule is Cc1cccc(NS(=O)(=O)c2cnccc2N)c1C#N. The number of nitriles is 1. The van der Waals surface area contributed by atoms with Crippen molar-refractivity contribution in [3.63, 3.8) is 0 Å². The van der Waals surface area contributed by atoms with E-state index < -0.39 is 10.0 Å². The van der Waals surface area contributed by atoms with Gasteiger partial charge in [0.1, 0.15) is 11.0 Å². The molecule has 3 N–H and O–H groups in total. The van der Waals surface area contributed by atoms with Gasteiger partial charge in [-0.1, -0.05) is 12.1 Å². The molecule has 0 saturated carbocycles. The molecule has 0 amide bonds. The summed E-state index contributed by atoms with van der Waals surface area (Å²) in [6, 6.07) is 8.30. The van der Waals surface area contributed by atoms with Crippen LogP contribution in [-0.2, 0) is 10.0 Å². The molecule has 0 spiro atoms. The van der Waals surface area contributed by atoms with Gasteiger partial charge in [-0.05, 0) is 24.6 Å². The number of pyridine rings is 1. The summed E-state index contributed by atoms with van der Waals surface area (Å²) in [6.45, 7) is 1.73. The minimum absolute atomic E-state index is 0.0960. The van der Waals surface area contributed by atoms with Crippen LogP contribution in [0.25, 0.3) is 0 Å². The Labute approximate surface area is 116 Å². The quantitative estimate of drug-likeness (QED) is 0.892. The first-order valence-corrected chi connectivity index (χ1v) is 7.16. The van der Waals surface area contributed by atoms with Crippen molar-refractivity contribution in [1.82, 2.24) is 4.98 Å². The van der Waals surface area contributed by atoms with E-state index >= 15 is 0 Å². The zero-order chi connectivity index (χ0) is 14.8. The van der Waals surface area contributed by atoms with Crippen LogP contribution in [0.5, 0.6) is 0 Å². The third-order valence-corrected chi connectivity index (χ3v) is 4.14. The predicted octanol–water partition coefficient (Wildman–Crippen LogP) is 1.64. The van der Waals surface area contributed by atoms with E-state index in [4.69, 9.17) is 11.0 Å². The second-order valence-electron chi connectivity index (χ2n) is 4.13. The van der Waals surface area contributed by atoms with Crippen molar-refractivity contribution < 1.29 is 8.42 Å². The molecule has 0 aliphatic rings. The van der Waals surface area contributed by atoms with Gasteiger partial charge in [-0.3, -0.25) is 9.71 Å². The fourth-order valence-corrected chi connectivity index (χ4v) is 2.86. The van der Waals surface area contributed by atoms with Gasteiger partial charge in [0, 0.05) is 12.4 Å². The number of rotatable bonds is 3. The van der Waals surface area contributed by atoms with E-state index in [1.807, 2.05) is 6.07 Å². The molecule has 0 fully saturated rings. The van der Waals surface area contributed by atoms with Gasteiger partial charge in [0.15, 0.2) is 0 Å². The monoisotopic (exact) mass is 288 g/mol. The van der Waals surface area contributed by atoms with Crippen LogP contribution in [0, 0.1) is 18.3 Å². The molecular formula is C13H12N4O2S. The molecule has 7 heteroatoms. The average molecular weight is 288 g/mol. The zero-order valence-electron chi connectivity index (χ0n) is 10.7. The molecule has 0 unspecified atom stereocenters. The van der Waals surface area contributed by atoms with Crippen molar-refractivity contribution in [2.24, 2.45) is 0 Å². The highest BCUT2D eigenvalue weighted by Crippen LogP contribution is 2.24. The number of hydrogen-bond donors (Lipinski definition) is 2. The Bertz CT molecular complexity index is 794. The second-order valence-corrected chi connectivity index (χ2v) is 5.78. The lowest BCUT2D eigenvalue weighted by Crippen LogP contribution is -2.16. The van der Waals surface area contributed by atoms with Gasteiger partial charge in [-0.2, -0.15) is 5.26 Å². The second kappa shape index (κ2) is 5.19. The average Bonchev–Trinajstić information content (AvgIpc) is 2.39. The van der Waals surface area contributed by atoms with Gasteiger partial charge in [0.2, 0.25) is 0 Å². The molecule has 102 valence electrons. The molecule has 0 aliphatic carbocycles. The third-order valence-electron chi connectivity index (χ3n) is 2.73. The summed E-state index contributed by atoms with van der Waals surface area (Å²) in [5.41, 5.74) is 6.91. The van der Waals surface area contributed by atoms with E-state index in [0.29, 0.717) is 5.56 Å². The molecule has 0 saturated heterocycles. The first-order valence-electron chi connectivity index (χ1n) is 5.67. The van der Waals surface area contributed by atoms with Gasteiger partial charge in [-0.25, -0.2) is 8.42 Å². The summed E-state index contributed by atoms with van der Waals surface area (Å²) in [7, 11) is -3.88. The first-order chi connectivity index (χ1) is 9.45. The molecule has 1 heterocycles. The number of nitrogens with one attached hydrogen (secondary N) is 1. The number of nitrogen functional groups attached to an aromatic ring is 1. The topological polar surface area (TPSA) is 109 Å². The van der Waals surface area contributed by atoms with Gasteiger partial charge in [0.05, 0.1) is 16.9 Å². The maximum atomic E-state index is 12.3. The normalized spacial score (nSPS) is 10.8. The maximum absolute atomic E-state index is 12.3. The third kappa shape index (κ3) is 2.55. The Morgan fingerprint density at radius 1 is 1.35 bits per heavy atom. The van der Waals surface area contributed by atoms with Gasteiger partial charge < -0.3 is 5.73 Å². The van der Waals surface area contributed by atoms with Crippen LogP contribution >= 0.6 is 0 Å². The fourth-order valence-electron chi connectivity index (χ4n) is 1.72. The van der Waals surface area contributed by atoms with Crippen molar-refractivity contribution in [3.05, 3.63) is 47.8 Å². The van der Waals surface area contributed by atoms with Crippen LogP contribution < -0.4 is 10.5 Å². The molecule has 6 nitrogen and oxygen atoms in total. The summed E-state index contributed by atoms with van der Waals surface area (Å²) < 4.78 is 26.9. The van der Waals surface area contributed by atoms with Crippen LogP contribution in [0.2, 0.25) is 0 Å². The number of hydrogen-bond acceptors (Lipinski definition) is 5. The van der Waals surface area contributed by atoms with Crippen LogP contribution in [-0.4, -0.2) is 13.4 Å². The smallest absolute Gasteiger partial charge is 0.265 e. The zero-order valence-corrected chi connectivity index (χ0v) is 11.5. The van der Waals surface area contributed by atoms with E-state index in [0.717, 1.165) is 0 Å². The van der Waals surface area contributed by atoms with E-state index in [1.54, 1.807) is 19.1 Å². The number of anilines is 2.